The van der Waals surface area contributed by atoms with Gasteiger partial charge >= 0.3 is 0 Å². The molecule has 1 aromatic carbocycles. The van der Waals surface area contributed by atoms with Gasteiger partial charge in [0.05, 0.1) is 11.3 Å². The van der Waals surface area contributed by atoms with Crippen LogP contribution in [0, 0.1) is 39.0 Å². The Hall–Kier alpha value is -2.03. The fraction of sp³-hybridized carbons (Fsp3) is 0.278. The Morgan fingerprint density at radius 2 is 1.96 bits per heavy atom. The van der Waals surface area contributed by atoms with E-state index in [1.54, 1.807) is 12.1 Å². The molecule has 2 rings (SSSR count). The highest BCUT2D eigenvalue weighted by atomic mass is 35.5. The molecule has 0 aliphatic rings. The van der Waals surface area contributed by atoms with Crippen LogP contribution >= 0.6 is 23.4 Å². The number of carbonyl (C=O) groups excluding carboxylic acids is 1. The summed E-state index contributed by atoms with van der Waals surface area (Å²) < 4.78 is 0. The van der Waals surface area contributed by atoms with E-state index in [4.69, 9.17) is 11.6 Å². The van der Waals surface area contributed by atoms with Crippen LogP contribution in [-0.4, -0.2) is 16.6 Å². The minimum absolute atomic E-state index is 0.160. The summed E-state index contributed by atoms with van der Waals surface area (Å²) >= 11 is 7.32. The zero-order valence-electron chi connectivity index (χ0n) is 14.0. The maximum absolute atomic E-state index is 12.2. The lowest BCUT2D eigenvalue weighted by atomic mass is 10.1. The molecule has 0 bridgehead atoms. The van der Waals surface area contributed by atoms with E-state index in [1.807, 2.05) is 33.8 Å². The number of halogens is 1. The summed E-state index contributed by atoms with van der Waals surface area (Å²) in [4.78, 5) is 16.7. The van der Waals surface area contributed by atoms with Gasteiger partial charge in [-0.3, -0.25) is 4.79 Å². The van der Waals surface area contributed by atoms with Gasteiger partial charge in [-0.25, -0.2) is 4.98 Å². The van der Waals surface area contributed by atoms with E-state index in [2.05, 4.69) is 16.4 Å². The number of amides is 1. The van der Waals surface area contributed by atoms with Gasteiger partial charge in [0.1, 0.15) is 11.1 Å². The molecule has 0 radical (unpaired) electrons. The number of thioether (sulfide) groups is 1. The number of nitrogens with one attached hydrogen (secondary N) is 1. The van der Waals surface area contributed by atoms with E-state index in [0.717, 1.165) is 22.4 Å². The molecule has 24 heavy (non-hydrogen) atoms. The Kier molecular flexibility index (Phi) is 5.87. The number of pyridine rings is 1. The SMILES string of the molecule is Cc1nc(SCC(=O)Nc2cccc(Cl)c2C)c(C#N)c(C)c1C. The monoisotopic (exact) mass is 359 g/mol. The molecule has 1 amide bonds. The Bertz CT molecular complexity index is 843. The lowest BCUT2D eigenvalue weighted by Crippen LogP contribution is -2.15. The number of aryl methyl sites for hydroxylation is 1. The molecule has 0 aliphatic heterocycles. The second-order valence-electron chi connectivity index (χ2n) is 5.49. The average Bonchev–Trinajstić information content (AvgIpc) is 2.55. The lowest BCUT2D eigenvalue weighted by Gasteiger charge is -2.12. The standard InChI is InChI=1S/C18H18ClN3OS/c1-10-11(2)14(8-20)18(21-13(10)4)24-9-17(23)22-16-7-5-6-15(19)12(16)3/h5-7H,9H2,1-4H3,(H,22,23). The molecule has 2 aromatic rings. The van der Waals surface area contributed by atoms with Crippen LogP contribution < -0.4 is 5.32 Å². The Morgan fingerprint density at radius 3 is 2.62 bits per heavy atom. The van der Waals surface area contributed by atoms with Crippen molar-refractivity contribution in [2.24, 2.45) is 0 Å². The zero-order chi connectivity index (χ0) is 17.9. The first-order valence-electron chi connectivity index (χ1n) is 7.40. The molecule has 0 spiro atoms. The van der Waals surface area contributed by atoms with Crippen LogP contribution in [-0.2, 0) is 4.79 Å². The van der Waals surface area contributed by atoms with E-state index in [-0.39, 0.29) is 11.7 Å². The van der Waals surface area contributed by atoms with Gasteiger partial charge in [-0.05, 0) is 56.5 Å². The van der Waals surface area contributed by atoms with Crippen LogP contribution in [0.1, 0.15) is 27.9 Å². The van der Waals surface area contributed by atoms with E-state index >= 15 is 0 Å². The van der Waals surface area contributed by atoms with Gasteiger partial charge < -0.3 is 5.32 Å². The van der Waals surface area contributed by atoms with Crippen molar-refractivity contribution in [3.63, 3.8) is 0 Å². The second kappa shape index (κ2) is 7.69. The number of nitrogens with zero attached hydrogens (tertiary/aromatic N) is 2. The van der Waals surface area contributed by atoms with Crippen molar-refractivity contribution in [3.8, 4) is 6.07 Å². The van der Waals surface area contributed by atoms with Crippen LogP contribution in [0.5, 0.6) is 0 Å². The molecule has 124 valence electrons. The molecule has 0 saturated heterocycles. The predicted octanol–water partition coefficient (Wildman–Crippen LogP) is 4.57. The van der Waals surface area contributed by atoms with Crippen molar-refractivity contribution in [2.45, 2.75) is 32.7 Å². The number of hydrogen-bond donors (Lipinski definition) is 1. The molecule has 0 atom stereocenters. The summed E-state index contributed by atoms with van der Waals surface area (Å²) in [5.74, 6) is 0.0159. The number of anilines is 1. The Balaban J connectivity index is 2.13. The minimum Gasteiger partial charge on any atom is -0.325 e. The number of aromatic nitrogens is 1. The maximum Gasteiger partial charge on any atom is 0.234 e. The molecule has 0 saturated carbocycles. The van der Waals surface area contributed by atoms with Gasteiger partial charge in [0, 0.05) is 16.4 Å². The fourth-order valence-corrected chi connectivity index (χ4v) is 3.27. The van der Waals surface area contributed by atoms with Gasteiger partial charge in [0.25, 0.3) is 0 Å². The van der Waals surface area contributed by atoms with Crippen molar-refractivity contribution >= 4 is 35.0 Å². The summed E-state index contributed by atoms with van der Waals surface area (Å²) in [7, 11) is 0. The van der Waals surface area contributed by atoms with Crippen molar-refractivity contribution < 1.29 is 4.79 Å². The van der Waals surface area contributed by atoms with E-state index in [9.17, 15) is 10.1 Å². The van der Waals surface area contributed by atoms with Crippen molar-refractivity contribution in [3.05, 3.63) is 51.2 Å². The molecule has 0 aliphatic carbocycles. The maximum atomic E-state index is 12.2. The highest BCUT2D eigenvalue weighted by molar-refractivity contribution is 8.00. The van der Waals surface area contributed by atoms with Crippen molar-refractivity contribution in [2.75, 3.05) is 11.1 Å². The third-order valence-electron chi connectivity index (χ3n) is 3.96. The number of benzene rings is 1. The van der Waals surface area contributed by atoms with Crippen LogP contribution in [0.25, 0.3) is 0 Å². The molecule has 4 nitrogen and oxygen atoms in total. The quantitative estimate of drug-likeness (QED) is 0.812. The first kappa shape index (κ1) is 18.3. The van der Waals surface area contributed by atoms with E-state index in [1.165, 1.54) is 11.8 Å². The van der Waals surface area contributed by atoms with Crippen molar-refractivity contribution in [1.82, 2.24) is 4.98 Å². The predicted molar refractivity (Wildman–Crippen MR) is 98.7 cm³/mol. The van der Waals surface area contributed by atoms with Crippen LogP contribution in [0.15, 0.2) is 23.2 Å². The Labute approximate surface area is 151 Å². The van der Waals surface area contributed by atoms with Gasteiger partial charge in [0.2, 0.25) is 5.91 Å². The number of nitriles is 1. The summed E-state index contributed by atoms with van der Waals surface area (Å²) in [6, 6.07) is 7.57. The van der Waals surface area contributed by atoms with Gasteiger partial charge in [-0.15, -0.1) is 0 Å². The summed E-state index contributed by atoms with van der Waals surface area (Å²) in [5.41, 5.74) is 4.86. The lowest BCUT2D eigenvalue weighted by molar-refractivity contribution is -0.113. The normalized spacial score (nSPS) is 10.3. The molecule has 1 N–H and O–H groups in total. The van der Waals surface area contributed by atoms with Gasteiger partial charge in [-0.2, -0.15) is 5.26 Å². The summed E-state index contributed by atoms with van der Waals surface area (Å²) in [5, 5.41) is 13.4. The average molecular weight is 360 g/mol. The van der Waals surface area contributed by atoms with Crippen LogP contribution in [0.4, 0.5) is 5.69 Å². The third-order valence-corrected chi connectivity index (χ3v) is 5.34. The molecule has 1 aromatic heterocycles. The molecule has 0 unspecified atom stereocenters. The fourth-order valence-electron chi connectivity index (χ4n) is 2.21. The van der Waals surface area contributed by atoms with Crippen molar-refractivity contribution in [1.29, 1.82) is 5.26 Å². The largest absolute Gasteiger partial charge is 0.325 e. The van der Waals surface area contributed by atoms with Crippen LogP contribution in [0.3, 0.4) is 0 Å². The first-order chi connectivity index (χ1) is 11.3. The highest BCUT2D eigenvalue weighted by Gasteiger charge is 2.14. The topological polar surface area (TPSA) is 65.8 Å². The van der Waals surface area contributed by atoms with E-state index in [0.29, 0.717) is 21.3 Å². The first-order valence-corrected chi connectivity index (χ1v) is 8.77. The van der Waals surface area contributed by atoms with E-state index < -0.39 is 0 Å². The van der Waals surface area contributed by atoms with Crippen LogP contribution in [0.2, 0.25) is 5.02 Å². The minimum atomic E-state index is -0.160. The molecular formula is C18H18ClN3OS. The molecule has 0 fully saturated rings. The molecular weight excluding hydrogens is 342 g/mol. The summed E-state index contributed by atoms with van der Waals surface area (Å²) in [6.45, 7) is 7.61. The highest BCUT2D eigenvalue weighted by Crippen LogP contribution is 2.27. The smallest absolute Gasteiger partial charge is 0.234 e. The zero-order valence-corrected chi connectivity index (χ0v) is 15.6. The number of rotatable bonds is 4. The van der Waals surface area contributed by atoms with Gasteiger partial charge in [0.15, 0.2) is 0 Å². The number of hydrogen-bond acceptors (Lipinski definition) is 4. The van der Waals surface area contributed by atoms with Gasteiger partial charge in [-0.1, -0.05) is 29.4 Å². The molecule has 6 heteroatoms. The summed E-state index contributed by atoms with van der Waals surface area (Å²) in [6.07, 6.45) is 0. The Morgan fingerprint density at radius 1 is 1.25 bits per heavy atom. The second-order valence-corrected chi connectivity index (χ2v) is 6.86. The third kappa shape index (κ3) is 3.89. The number of carbonyl (C=O) groups is 1. The molecule has 1 heterocycles.